The molecule has 1 N–H and O–H groups in total. The number of nitrogens with one attached hydrogen (secondary N) is 1. The zero-order valence-corrected chi connectivity index (χ0v) is 26.6. The number of sulfonamides is 1. The Kier molecular flexibility index (Phi) is 13.3. The largest absolute Gasteiger partial charge is 0.756 e. The van der Waals surface area contributed by atoms with Gasteiger partial charge in [-0.25, -0.2) is 13.2 Å². The van der Waals surface area contributed by atoms with Crippen molar-refractivity contribution >= 4 is 29.6 Å². The van der Waals surface area contributed by atoms with Crippen LogP contribution in [-0.4, -0.2) is 74.9 Å². The highest BCUT2D eigenvalue weighted by molar-refractivity contribution is 7.89. The number of benzene rings is 2. The normalized spacial score (nSPS) is 18.1. The molecule has 4 atom stereocenters. The minimum Gasteiger partial charge on any atom is -0.756 e. The van der Waals surface area contributed by atoms with Gasteiger partial charge in [0, 0.05) is 31.6 Å². The molecule has 1 heterocycles. The van der Waals surface area contributed by atoms with Crippen molar-refractivity contribution in [3.05, 3.63) is 70.3 Å². The molecule has 16 heteroatoms. The third kappa shape index (κ3) is 10.9. The van der Waals surface area contributed by atoms with Gasteiger partial charge in [0.05, 0.1) is 35.7 Å². The highest BCUT2D eigenvalue weighted by Gasteiger charge is 2.36. The van der Waals surface area contributed by atoms with Gasteiger partial charge in [-0.1, -0.05) is 51.1 Å². The molecule has 244 valence electrons. The summed E-state index contributed by atoms with van der Waals surface area (Å²) >= 11 is 0. The summed E-state index contributed by atoms with van der Waals surface area (Å²) in [6, 6.07) is 12.1. The lowest BCUT2D eigenvalue weighted by Gasteiger charge is -2.36. The molecule has 0 spiro atoms. The fourth-order valence-corrected chi connectivity index (χ4v) is 7.12. The summed E-state index contributed by atoms with van der Waals surface area (Å²) in [5, 5.41) is 13.8. The number of ether oxygens (including phenoxy) is 2. The highest BCUT2D eigenvalue weighted by Crippen LogP contribution is 2.41. The van der Waals surface area contributed by atoms with E-state index in [4.69, 9.17) is 18.5 Å². The van der Waals surface area contributed by atoms with Crippen molar-refractivity contribution in [2.24, 2.45) is 5.92 Å². The third-order valence-electron chi connectivity index (χ3n) is 6.57. The van der Waals surface area contributed by atoms with E-state index in [1.165, 1.54) is 0 Å². The maximum absolute atomic E-state index is 13.9. The topological polar surface area (TPSA) is 187 Å². The highest BCUT2D eigenvalue weighted by atomic mass is 32.2. The Bertz CT molecular complexity index is 1370. The first kappa shape index (κ1) is 35.6. The molecule has 0 radical (unpaired) electrons. The van der Waals surface area contributed by atoms with Crippen molar-refractivity contribution in [2.75, 3.05) is 32.9 Å². The lowest BCUT2D eigenvalue weighted by Crippen LogP contribution is -2.52. The molecular formula is C28H39N3O11PS-. The second kappa shape index (κ2) is 16.4. The van der Waals surface area contributed by atoms with E-state index in [1.807, 2.05) is 0 Å². The number of nitro benzene ring substituents is 1. The molecule has 1 aliphatic rings. The fourth-order valence-electron chi connectivity index (χ4n) is 4.49. The predicted molar refractivity (Wildman–Crippen MR) is 158 cm³/mol. The number of non-ortho nitro benzene ring substituents is 1. The molecule has 44 heavy (non-hydrogen) atoms. The maximum atomic E-state index is 13.9. The van der Waals surface area contributed by atoms with E-state index in [9.17, 15) is 32.8 Å². The van der Waals surface area contributed by atoms with Gasteiger partial charge in [0.2, 0.25) is 10.0 Å². The first-order valence-electron chi connectivity index (χ1n) is 14.3. The van der Waals surface area contributed by atoms with E-state index < -0.39 is 53.7 Å². The van der Waals surface area contributed by atoms with Crippen LogP contribution in [0, 0.1) is 16.0 Å². The molecule has 1 fully saturated rings. The minimum atomic E-state index is -4.99. The number of phosphoric ester groups is 1. The standard InChI is InChI=1S/C28H40N3O11PS/c1-4-15-40-43(35,36)42-27(19-30(18-21(2)3)44(37,38)25-12-10-23(11-13-25)31(33)34)26(17-22-8-6-5-7-9-22)29-28(32)41-24-14-16-39-20-24/h5-13,21,24,26-27H,4,14-20H2,1-3H3,(H,29,32)(H,35,36)/p-1/t24-,26-,27+/m0/s1. The fraction of sp³-hybridized carbons (Fsp3) is 0.536. The molecule has 2 aromatic carbocycles. The van der Waals surface area contributed by atoms with E-state index in [0.717, 1.165) is 28.6 Å². The summed E-state index contributed by atoms with van der Waals surface area (Å²) in [6.07, 6.45) is -1.89. The molecule has 0 saturated carbocycles. The van der Waals surface area contributed by atoms with Gasteiger partial charge in [0.25, 0.3) is 13.5 Å². The molecule has 1 amide bonds. The number of amides is 1. The quantitative estimate of drug-likeness (QED) is 0.149. The Morgan fingerprint density at radius 1 is 1.16 bits per heavy atom. The van der Waals surface area contributed by atoms with Gasteiger partial charge in [-0.3, -0.25) is 14.7 Å². The zero-order chi connectivity index (χ0) is 32.3. The Labute approximate surface area is 257 Å². The van der Waals surface area contributed by atoms with E-state index in [-0.39, 0.29) is 42.7 Å². The van der Waals surface area contributed by atoms with E-state index in [1.54, 1.807) is 51.1 Å². The Hall–Kier alpha value is -2.91. The van der Waals surface area contributed by atoms with Gasteiger partial charge in [-0.15, -0.1) is 0 Å². The maximum Gasteiger partial charge on any atom is 0.407 e. The van der Waals surface area contributed by atoms with Crippen LogP contribution in [0.15, 0.2) is 59.5 Å². The van der Waals surface area contributed by atoms with Gasteiger partial charge in [0.1, 0.15) is 12.2 Å². The van der Waals surface area contributed by atoms with Crippen LogP contribution in [0.25, 0.3) is 0 Å². The number of rotatable bonds is 17. The molecule has 0 aromatic heterocycles. The first-order chi connectivity index (χ1) is 20.8. The molecule has 1 aliphatic heterocycles. The summed E-state index contributed by atoms with van der Waals surface area (Å²) in [6.45, 7) is 5.17. The average Bonchev–Trinajstić information content (AvgIpc) is 3.48. The summed E-state index contributed by atoms with van der Waals surface area (Å²) in [5.41, 5.74) is 0.415. The number of phosphoric acid groups is 1. The number of carbonyl (C=O) groups is 1. The van der Waals surface area contributed by atoms with Gasteiger partial charge in [0.15, 0.2) is 0 Å². The zero-order valence-electron chi connectivity index (χ0n) is 24.9. The van der Waals surface area contributed by atoms with Crippen LogP contribution in [0.3, 0.4) is 0 Å². The Balaban J connectivity index is 2.02. The van der Waals surface area contributed by atoms with E-state index in [2.05, 4.69) is 5.32 Å². The van der Waals surface area contributed by atoms with Crippen molar-refractivity contribution in [1.82, 2.24) is 9.62 Å². The van der Waals surface area contributed by atoms with Crippen molar-refractivity contribution in [2.45, 2.75) is 63.2 Å². The van der Waals surface area contributed by atoms with Crippen molar-refractivity contribution in [3.63, 3.8) is 0 Å². The number of nitrogens with zero attached hydrogens (tertiary/aromatic N) is 2. The number of hydrogen-bond donors (Lipinski definition) is 1. The molecule has 0 aliphatic carbocycles. The number of alkyl carbamates (subject to hydrolysis) is 1. The first-order valence-corrected chi connectivity index (χ1v) is 17.2. The van der Waals surface area contributed by atoms with E-state index >= 15 is 0 Å². The smallest absolute Gasteiger partial charge is 0.407 e. The van der Waals surface area contributed by atoms with Crippen LogP contribution in [0.5, 0.6) is 0 Å². The van der Waals surface area contributed by atoms with Gasteiger partial charge in [-0.05, 0) is 36.5 Å². The molecule has 1 saturated heterocycles. The summed E-state index contributed by atoms with van der Waals surface area (Å²) in [7, 11) is -9.31. The lowest BCUT2D eigenvalue weighted by molar-refractivity contribution is -0.384. The third-order valence-corrected chi connectivity index (χ3v) is 9.44. The van der Waals surface area contributed by atoms with Crippen LogP contribution in [0.2, 0.25) is 0 Å². The van der Waals surface area contributed by atoms with Crippen LogP contribution in [0.4, 0.5) is 10.5 Å². The minimum absolute atomic E-state index is 0.0555. The molecule has 3 rings (SSSR count). The predicted octanol–water partition coefficient (Wildman–Crippen LogP) is 3.65. The van der Waals surface area contributed by atoms with E-state index in [0.29, 0.717) is 25.0 Å². The Morgan fingerprint density at radius 3 is 2.41 bits per heavy atom. The van der Waals surface area contributed by atoms with Crippen molar-refractivity contribution < 1.29 is 46.1 Å². The summed E-state index contributed by atoms with van der Waals surface area (Å²) < 4.78 is 62.9. The second-order valence-corrected chi connectivity index (χ2v) is 14.0. The molecule has 2 aromatic rings. The number of hydrogen-bond acceptors (Lipinski definition) is 11. The number of nitro groups is 1. The average molecular weight is 657 g/mol. The van der Waals surface area contributed by atoms with Gasteiger partial charge >= 0.3 is 6.09 Å². The van der Waals surface area contributed by atoms with Crippen LogP contribution < -0.4 is 10.2 Å². The Morgan fingerprint density at radius 2 is 1.84 bits per heavy atom. The van der Waals surface area contributed by atoms with Crippen molar-refractivity contribution in [1.29, 1.82) is 0 Å². The molecule has 0 bridgehead atoms. The summed E-state index contributed by atoms with van der Waals surface area (Å²) in [5.74, 6) is -0.216. The second-order valence-electron chi connectivity index (χ2n) is 10.7. The summed E-state index contributed by atoms with van der Waals surface area (Å²) in [4.78, 5) is 36.2. The van der Waals surface area contributed by atoms with Crippen LogP contribution in [-0.2, 0) is 39.5 Å². The van der Waals surface area contributed by atoms with Gasteiger partial charge in [-0.2, -0.15) is 4.31 Å². The molecule has 14 nitrogen and oxygen atoms in total. The van der Waals surface area contributed by atoms with Crippen LogP contribution >= 0.6 is 7.82 Å². The lowest BCUT2D eigenvalue weighted by atomic mass is 10.0. The van der Waals surface area contributed by atoms with Gasteiger partial charge < -0.3 is 28.7 Å². The monoisotopic (exact) mass is 656 g/mol. The number of carbonyl (C=O) groups excluding carboxylic acids is 1. The van der Waals surface area contributed by atoms with Crippen molar-refractivity contribution in [3.8, 4) is 0 Å². The molecule has 1 unspecified atom stereocenters. The SMILES string of the molecule is CCCOP(=O)([O-])O[C@H](CN(CC(C)C)S(=O)(=O)c1ccc([N+](=O)[O-])cc1)[C@H](Cc1ccccc1)NC(=O)O[C@H]1CCOC1. The molecular weight excluding hydrogens is 617 g/mol. The van der Waals surface area contributed by atoms with Crippen LogP contribution in [0.1, 0.15) is 39.2 Å².